The Balaban J connectivity index is 1.61. The van der Waals surface area contributed by atoms with E-state index in [0.717, 1.165) is 32.7 Å². The zero-order valence-electron chi connectivity index (χ0n) is 18.1. The molecule has 0 unspecified atom stereocenters. The van der Waals surface area contributed by atoms with E-state index in [2.05, 4.69) is 14.5 Å². The van der Waals surface area contributed by atoms with E-state index in [-0.39, 0.29) is 5.78 Å². The number of ether oxygens (including phenoxy) is 1. The largest absolute Gasteiger partial charge is 0.497 e. The van der Waals surface area contributed by atoms with Gasteiger partial charge in [-0.2, -0.15) is 0 Å². The molecule has 0 fully saturated rings. The Morgan fingerprint density at radius 1 is 1.09 bits per heavy atom. The fraction of sp³-hybridized carbons (Fsp3) is 0.115. The first kappa shape index (κ1) is 21.4. The number of benzene rings is 2. The van der Waals surface area contributed by atoms with E-state index < -0.39 is 0 Å². The third-order valence-corrected chi connectivity index (χ3v) is 6.90. The number of hydrogen-bond acceptors (Lipinski definition) is 5. The van der Waals surface area contributed by atoms with Crippen LogP contribution in [0.2, 0.25) is 5.02 Å². The molecule has 0 aliphatic heterocycles. The summed E-state index contributed by atoms with van der Waals surface area (Å²) in [5, 5.41) is 1.98. The maximum atomic E-state index is 13.7. The van der Waals surface area contributed by atoms with Crippen LogP contribution in [0.4, 0.5) is 0 Å². The molecule has 0 bridgehead atoms. The second-order valence-electron chi connectivity index (χ2n) is 7.63. The van der Waals surface area contributed by atoms with Gasteiger partial charge < -0.3 is 9.30 Å². The molecule has 7 heteroatoms. The molecule has 164 valence electrons. The number of methoxy groups -OCH3 is 1. The van der Waals surface area contributed by atoms with Crippen LogP contribution < -0.4 is 4.74 Å². The van der Waals surface area contributed by atoms with Crippen LogP contribution >= 0.6 is 22.9 Å². The number of carbonyl (C=O) groups is 1. The smallest absolute Gasteiger partial charge is 0.223 e. The minimum atomic E-state index is -0.104. The summed E-state index contributed by atoms with van der Waals surface area (Å²) in [6.07, 6.45) is 3.44. The average molecular weight is 474 g/mol. The Bertz CT molecular complexity index is 1460. The molecule has 2 aromatic carbocycles. The fourth-order valence-electron chi connectivity index (χ4n) is 3.96. The molecule has 0 atom stereocenters. The molecule has 3 heterocycles. The van der Waals surface area contributed by atoms with Crippen LogP contribution in [0, 0.1) is 6.92 Å². The number of halogens is 1. The molecule has 0 aliphatic rings. The van der Waals surface area contributed by atoms with E-state index in [4.69, 9.17) is 16.3 Å². The molecule has 5 nitrogen and oxygen atoms in total. The molecule has 3 aromatic heterocycles. The minimum Gasteiger partial charge on any atom is -0.497 e. The highest BCUT2D eigenvalue weighted by molar-refractivity contribution is 7.17. The monoisotopic (exact) mass is 473 g/mol. The highest BCUT2D eigenvalue weighted by Crippen LogP contribution is 2.34. The second kappa shape index (κ2) is 8.81. The zero-order valence-corrected chi connectivity index (χ0v) is 19.7. The molecule has 0 N–H and O–H groups in total. The van der Waals surface area contributed by atoms with Crippen LogP contribution in [0.3, 0.4) is 0 Å². The van der Waals surface area contributed by atoms with Crippen LogP contribution in [0.5, 0.6) is 5.75 Å². The van der Waals surface area contributed by atoms with Gasteiger partial charge in [-0.1, -0.05) is 29.8 Å². The lowest BCUT2D eigenvalue weighted by Gasteiger charge is -2.09. The number of pyridine rings is 1. The van der Waals surface area contributed by atoms with Crippen LogP contribution in [-0.4, -0.2) is 27.4 Å². The predicted octanol–water partition coefficient (Wildman–Crippen LogP) is 6.41. The van der Waals surface area contributed by atoms with E-state index >= 15 is 0 Å². The van der Waals surface area contributed by atoms with Crippen molar-refractivity contribution in [2.75, 3.05) is 7.11 Å². The Morgan fingerprint density at radius 2 is 1.91 bits per heavy atom. The molecular weight excluding hydrogens is 454 g/mol. The van der Waals surface area contributed by atoms with Crippen molar-refractivity contribution in [2.45, 2.75) is 13.5 Å². The van der Waals surface area contributed by atoms with Gasteiger partial charge >= 0.3 is 0 Å². The quantitative estimate of drug-likeness (QED) is 0.267. The van der Waals surface area contributed by atoms with Gasteiger partial charge in [0.2, 0.25) is 5.78 Å². The topological polar surface area (TPSA) is 57.0 Å². The zero-order chi connectivity index (χ0) is 22.9. The molecular formula is C26H20ClN3O2S. The van der Waals surface area contributed by atoms with Gasteiger partial charge in [0, 0.05) is 40.6 Å². The van der Waals surface area contributed by atoms with Gasteiger partial charge in [-0.25, -0.2) is 4.98 Å². The standard InChI is InChI=1S/C26H20ClN3O2S/c1-16-24(25(31)26-29-14-23(33-26)21-5-3-4-12-28-21)20-13-19(32-2)10-11-22(20)30(16)15-17-6-8-18(27)9-7-17/h3-14H,15H2,1-2H3. The summed E-state index contributed by atoms with van der Waals surface area (Å²) in [4.78, 5) is 23.4. The van der Waals surface area contributed by atoms with Crippen molar-refractivity contribution < 1.29 is 9.53 Å². The lowest BCUT2D eigenvalue weighted by molar-refractivity contribution is 0.103. The van der Waals surface area contributed by atoms with Gasteiger partial charge in [-0.3, -0.25) is 9.78 Å². The highest BCUT2D eigenvalue weighted by Gasteiger charge is 2.24. The summed E-state index contributed by atoms with van der Waals surface area (Å²) in [6, 6.07) is 19.3. The van der Waals surface area contributed by atoms with E-state index in [0.29, 0.717) is 27.9 Å². The number of rotatable bonds is 6. The first-order chi connectivity index (χ1) is 16.0. The number of fused-ring (bicyclic) bond motifs is 1. The van der Waals surface area contributed by atoms with Crippen molar-refractivity contribution >= 4 is 39.6 Å². The summed E-state index contributed by atoms with van der Waals surface area (Å²) in [6.45, 7) is 2.60. The van der Waals surface area contributed by atoms with Gasteiger partial charge in [-0.05, 0) is 55.0 Å². The summed E-state index contributed by atoms with van der Waals surface area (Å²) < 4.78 is 7.60. The van der Waals surface area contributed by atoms with Gasteiger partial charge in [-0.15, -0.1) is 11.3 Å². The Labute approximate surface area is 200 Å². The molecule has 0 saturated carbocycles. The van der Waals surface area contributed by atoms with Crippen molar-refractivity contribution in [3.8, 4) is 16.3 Å². The fourth-order valence-corrected chi connectivity index (χ4v) is 4.93. The van der Waals surface area contributed by atoms with Gasteiger partial charge in [0.1, 0.15) is 5.75 Å². The third-order valence-electron chi connectivity index (χ3n) is 5.63. The van der Waals surface area contributed by atoms with Crippen molar-refractivity contribution in [2.24, 2.45) is 0 Å². The lowest BCUT2D eigenvalue weighted by Crippen LogP contribution is -2.06. The summed E-state index contributed by atoms with van der Waals surface area (Å²) in [5.41, 5.74) is 4.39. The third kappa shape index (κ3) is 4.03. The summed E-state index contributed by atoms with van der Waals surface area (Å²) in [5.74, 6) is 0.598. The van der Waals surface area contributed by atoms with Gasteiger partial charge in [0.15, 0.2) is 5.01 Å². The van der Waals surface area contributed by atoms with Crippen LogP contribution in [-0.2, 0) is 6.54 Å². The summed E-state index contributed by atoms with van der Waals surface area (Å²) >= 11 is 7.41. The Hall–Kier alpha value is -3.48. The molecule has 0 saturated heterocycles. The number of aromatic nitrogens is 3. The second-order valence-corrected chi connectivity index (χ2v) is 9.10. The van der Waals surface area contributed by atoms with E-state index in [1.54, 1.807) is 19.5 Å². The number of nitrogens with zero attached hydrogens (tertiary/aromatic N) is 3. The average Bonchev–Trinajstić information content (AvgIpc) is 3.44. The maximum Gasteiger partial charge on any atom is 0.223 e. The number of thiazole rings is 1. The predicted molar refractivity (Wildman–Crippen MR) is 133 cm³/mol. The van der Waals surface area contributed by atoms with Gasteiger partial charge in [0.25, 0.3) is 0 Å². The van der Waals surface area contributed by atoms with E-state index in [1.165, 1.54) is 11.3 Å². The minimum absolute atomic E-state index is 0.104. The Morgan fingerprint density at radius 3 is 2.64 bits per heavy atom. The normalized spacial score (nSPS) is 11.1. The van der Waals surface area contributed by atoms with E-state index in [1.807, 2.05) is 67.6 Å². The summed E-state index contributed by atoms with van der Waals surface area (Å²) in [7, 11) is 1.63. The van der Waals surface area contributed by atoms with Crippen LogP contribution in [0.15, 0.2) is 73.1 Å². The van der Waals surface area contributed by atoms with Crippen molar-refractivity contribution in [1.82, 2.24) is 14.5 Å². The van der Waals surface area contributed by atoms with Crippen molar-refractivity contribution in [3.05, 3.63) is 99.9 Å². The van der Waals surface area contributed by atoms with Crippen LogP contribution in [0.1, 0.15) is 26.6 Å². The van der Waals surface area contributed by atoms with E-state index in [9.17, 15) is 4.79 Å². The molecule has 0 radical (unpaired) electrons. The Kier molecular flexibility index (Phi) is 5.70. The number of carbonyl (C=O) groups excluding carboxylic acids is 1. The first-order valence-electron chi connectivity index (χ1n) is 10.4. The molecule has 0 aliphatic carbocycles. The SMILES string of the molecule is COc1ccc2c(c1)c(C(=O)c1ncc(-c3ccccn3)s1)c(C)n2Cc1ccc(Cl)cc1. The number of hydrogen-bond donors (Lipinski definition) is 0. The number of ketones is 1. The first-order valence-corrected chi connectivity index (χ1v) is 11.6. The maximum absolute atomic E-state index is 13.7. The molecule has 0 amide bonds. The molecule has 5 aromatic rings. The van der Waals surface area contributed by atoms with Gasteiger partial charge in [0.05, 0.1) is 23.2 Å². The van der Waals surface area contributed by atoms with Crippen molar-refractivity contribution in [3.63, 3.8) is 0 Å². The highest BCUT2D eigenvalue weighted by atomic mass is 35.5. The molecule has 33 heavy (non-hydrogen) atoms. The molecule has 5 rings (SSSR count). The molecule has 0 spiro atoms. The lowest BCUT2D eigenvalue weighted by atomic mass is 10.1. The van der Waals surface area contributed by atoms with Crippen LogP contribution in [0.25, 0.3) is 21.5 Å². The van der Waals surface area contributed by atoms with Crippen molar-refractivity contribution in [1.29, 1.82) is 0 Å².